The predicted octanol–water partition coefficient (Wildman–Crippen LogP) is 4.50. The average molecular weight is 280 g/mol. The largest absolute Gasteiger partial charge is 0.465 e. The van der Waals surface area contributed by atoms with Gasteiger partial charge in [0.1, 0.15) is 5.75 Å². The highest BCUT2D eigenvalue weighted by atomic mass is 16.7. The lowest BCUT2D eigenvalue weighted by Gasteiger charge is -2.21. The summed E-state index contributed by atoms with van der Waals surface area (Å²) in [6.07, 6.45) is 7.04. The Morgan fingerprint density at radius 3 is 2.30 bits per heavy atom. The topological polar surface area (TPSA) is 38.7 Å². The van der Waals surface area contributed by atoms with E-state index in [-0.39, 0.29) is 6.29 Å². The fourth-order valence-electron chi connectivity index (χ4n) is 2.12. The number of aliphatic hydroxyl groups is 1. The Hall–Kier alpha value is -1.06. The van der Waals surface area contributed by atoms with Crippen molar-refractivity contribution in [2.45, 2.75) is 71.4 Å². The monoisotopic (exact) mass is 280 g/mol. The van der Waals surface area contributed by atoms with Gasteiger partial charge < -0.3 is 14.6 Å². The third-order valence-electron chi connectivity index (χ3n) is 3.15. The summed E-state index contributed by atoms with van der Waals surface area (Å²) >= 11 is 0. The maximum absolute atomic E-state index is 9.37. The Balaban J connectivity index is 2.29. The van der Waals surface area contributed by atoms with Gasteiger partial charge in [-0.3, -0.25) is 0 Å². The molecule has 0 radical (unpaired) electrons. The highest BCUT2D eigenvalue weighted by Gasteiger charge is 2.13. The van der Waals surface area contributed by atoms with Crippen LogP contribution in [-0.4, -0.2) is 17.7 Å². The Labute approximate surface area is 122 Å². The second kappa shape index (κ2) is 10.7. The Bertz CT molecular complexity index is 324. The first kappa shape index (κ1) is 17.0. The van der Waals surface area contributed by atoms with Gasteiger partial charge in [0.05, 0.1) is 0 Å². The van der Waals surface area contributed by atoms with Crippen molar-refractivity contribution < 1.29 is 14.6 Å². The predicted molar refractivity (Wildman–Crippen MR) is 81.6 cm³/mol. The molecule has 1 aromatic rings. The van der Waals surface area contributed by atoms with E-state index in [0.29, 0.717) is 0 Å². The molecule has 20 heavy (non-hydrogen) atoms. The fourth-order valence-corrected chi connectivity index (χ4v) is 2.12. The van der Waals surface area contributed by atoms with Crippen molar-refractivity contribution in [3.8, 4) is 5.75 Å². The molecule has 2 unspecified atom stereocenters. The molecular weight excluding hydrogens is 252 g/mol. The van der Waals surface area contributed by atoms with Crippen molar-refractivity contribution >= 4 is 0 Å². The Morgan fingerprint density at radius 2 is 1.65 bits per heavy atom. The molecule has 0 heterocycles. The summed E-state index contributed by atoms with van der Waals surface area (Å²) in [5.41, 5.74) is 0. The lowest BCUT2D eigenvalue weighted by molar-refractivity contribution is -0.190. The minimum atomic E-state index is -0.802. The van der Waals surface area contributed by atoms with Gasteiger partial charge in [-0.1, -0.05) is 57.2 Å². The highest BCUT2D eigenvalue weighted by Crippen LogP contribution is 2.17. The van der Waals surface area contributed by atoms with E-state index >= 15 is 0 Å². The number of rotatable bonds is 11. The lowest BCUT2D eigenvalue weighted by Crippen LogP contribution is -2.25. The van der Waals surface area contributed by atoms with E-state index in [0.717, 1.165) is 18.6 Å². The average Bonchev–Trinajstić information content (AvgIpc) is 2.43. The summed E-state index contributed by atoms with van der Waals surface area (Å²) < 4.78 is 11.2. The van der Waals surface area contributed by atoms with Crippen molar-refractivity contribution in [1.29, 1.82) is 0 Å². The Kier molecular flexibility index (Phi) is 9.09. The van der Waals surface area contributed by atoms with Gasteiger partial charge in [-0.25, -0.2) is 0 Å². The van der Waals surface area contributed by atoms with Gasteiger partial charge in [0, 0.05) is 6.42 Å². The van der Waals surface area contributed by atoms with Gasteiger partial charge in [0.2, 0.25) is 6.29 Å². The van der Waals surface area contributed by atoms with Crippen molar-refractivity contribution in [3.63, 3.8) is 0 Å². The molecule has 3 heteroatoms. The van der Waals surface area contributed by atoms with Gasteiger partial charge in [-0.15, -0.1) is 0 Å². The number of aliphatic hydroxyl groups excluding tert-OH is 1. The molecule has 0 bridgehead atoms. The number of hydrogen-bond donors (Lipinski definition) is 1. The molecule has 0 aliphatic rings. The molecule has 0 aromatic heterocycles. The van der Waals surface area contributed by atoms with Crippen molar-refractivity contribution in [3.05, 3.63) is 30.3 Å². The lowest BCUT2D eigenvalue weighted by atomic mass is 10.1. The third kappa shape index (κ3) is 8.18. The summed E-state index contributed by atoms with van der Waals surface area (Å²) in [4.78, 5) is 0. The molecule has 1 N–H and O–H groups in total. The van der Waals surface area contributed by atoms with Crippen LogP contribution in [0.5, 0.6) is 5.75 Å². The fraction of sp³-hybridized carbons (Fsp3) is 0.647. The number of unbranched alkanes of at least 4 members (excludes halogenated alkanes) is 5. The molecule has 1 aromatic carbocycles. The van der Waals surface area contributed by atoms with Crippen LogP contribution in [0.3, 0.4) is 0 Å². The molecule has 2 atom stereocenters. The highest BCUT2D eigenvalue weighted by molar-refractivity contribution is 5.20. The van der Waals surface area contributed by atoms with Crippen LogP contribution < -0.4 is 4.74 Å². The maximum atomic E-state index is 9.37. The summed E-state index contributed by atoms with van der Waals surface area (Å²) in [6.45, 7) is 3.84. The van der Waals surface area contributed by atoms with E-state index in [1.807, 2.05) is 30.3 Å². The van der Waals surface area contributed by atoms with Crippen LogP contribution >= 0.6 is 0 Å². The molecule has 0 amide bonds. The van der Waals surface area contributed by atoms with Crippen LogP contribution in [-0.2, 0) is 4.74 Å². The number of benzene rings is 1. The smallest absolute Gasteiger partial charge is 0.202 e. The molecule has 1 rings (SSSR count). The van der Waals surface area contributed by atoms with E-state index in [2.05, 4.69) is 6.92 Å². The molecule has 0 spiro atoms. The minimum absolute atomic E-state index is 0.372. The molecular formula is C17H28O3. The molecule has 0 saturated carbocycles. The van der Waals surface area contributed by atoms with E-state index in [9.17, 15) is 5.11 Å². The number of para-hydroxylation sites is 1. The van der Waals surface area contributed by atoms with Crippen LogP contribution in [0, 0.1) is 0 Å². The normalized spacial score (nSPS) is 13.9. The van der Waals surface area contributed by atoms with Crippen LogP contribution in [0.4, 0.5) is 0 Å². The number of ether oxygens (including phenoxy) is 2. The molecule has 0 fully saturated rings. The zero-order valence-electron chi connectivity index (χ0n) is 12.8. The summed E-state index contributed by atoms with van der Waals surface area (Å²) in [5.74, 6) is 0.782. The molecule has 0 saturated heterocycles. The first-order chi connectivity index (χ1) is 9.72. The summed E-state index contributed by atoms with van der Waals surface area (Å²) in [6, 6.07) is 9.61. The van der Waals surface area contributed by atoms with Crippen LogP contribution in [0.25, 0.3) is 0 Å². The van der Waals surface area contributed by atoms with Gasteiger partial charge in [0.25, 0.3) is 0 Å². The van der Waals surface area contributed by atoms with Crippen LogP contribution in [0.2, 0.25) is 0 Å². The minimum Gasteiger partial charge on any atom is -0.465 e. The van der Waals surface area contributed by atoms with E-state index < -0.39 is 6.29 Å². The van der Waals surface area contributed by atoms with Crippen molar-refractivity contribution in [1.82, 2.24) is 0 Å². The third-order valence-corrected chi connectivity index (χ3v) is 3.15. The number of hydrogen-bond acceptors (Lipinski definition) is 3. The zero-order valence-corrected chi connectivity index (χ0v) is 12.8. The van der Waals surface area contributed by atoms with Crippen molar-refractivity contribution in [2.24, 2.45) is 0 Å². The second-order valence-corrected chi connectivity index (χ2v) is 5.15. The first-order valence-corrected chi connectivity index (χ1v) is 7.77. The first-order valence-electron chi connectivity index (χ1n) is 7.77. The van der Waals surface area contributed by atoms with E-state index in [1.165, 1.54) is 32.1 Å². The standard InChI is InChI=1S/C17H28O3/c1-3-4-5-6-7-11-14-17(19-15(2)18)20-16-12-9-8-10-13-16/h8-10,12-13,15,17-18H,3-7,11,14H2,1-2H3. The Morgan fingerprint density at radius 1 is 1.00 bits per heavy atom. The molecule has 3 nitrogen and oxygen atoms in total. The van der Waals surface area contributed by atoms with Gasteiger partial charge in [-0.05, 0) is 25.5 Å². The second-order valence-electron chi connectivity index (χ2n) is 5.15. The van der Waals surface area contributed by atoms with Gasteiger partial charge in [-0.2, -0.15) is 0 Å². The van der Waals surface area contributed by atoms with Crippen LogP contribution in [0.1, 0.15) is 58.8 Å². The van der Waals surface area contributed by atoms with Crippen molar-refractivity contribution in [2.75, 3.05) is 0 Å². The molecule has 114 valence electrons. The quantitative estimate of drug-likeness (QED) is 0.479. The maximum Gasteiger partial charge on any atom is 0.202 e. The summed E-state index contributed by atoms with van der Waals surface area (Å²) in [5, 5.41) is 9.37. The SMILES string of the molecule is CCCCCCCCC(Oc1ccccc1)OC(C)O. The molecule has 0 aliphatic heterocycles. The van der Waals surface area contributed by atoms with Gasteiger partial charge >= 0.3 is 0 Å². The van der Waals surface area contributed by atoms with E-state index in [4.69, 9.17) is 9.47 Å². The summed E-state index contributed by atoms with van der Waals surface area (Å²) in [7, 11) is 0. The molecule has 0 aliphatic carbocycles. The van der Waals surface area contributed by atoms with E-state index in [1.54, 1.807) is 6.92 Å². The zero-order chi connectivity index (χ0) is 14.6. The van der Waals surface area contributed by atoms with Gasteiger partial charge in [0.15, 0.2) is 6.29 Å². The van der Waals surface area contributed by atoms with Crippen LogP contribution in [0.15, 0.2) is 30.3 Å².